The van der Waals surface area contributed by atoms with Gasteiger partial charge in [-0.1, -0.05) is 27.2 Å². The van der Waals surface area contributed by atoms with Gasteiger partial charge in [0.15, 0.2) is 0 Å². The molecule has 1 heterocycles. The van der Waals surface area contributed by atoms with Gasteiger partial charge in [0.05, 0.1) is 5.69 Å². The maximum Gasteiger partial charge on any atom is 0.107 e. The van der Waals surface area contributed by atoms with E-state index >= 15 is 0 Å². The molecule has 0 saturated heterocycles. The average Bonchev–Trinajstić information content (AvgIpc) is 2.71. The van der Waals surface area contributed by atoms with E-state index in [1.54, 1.807) is 11.3 Å². The van der Waals surface area contributed by atoms with Crippen molar-refractivity contribution in [1.82, 2.24) is 10.3 Å². The van der Waals surface area contributed by atoms with E-state index in [-0.39, 0.29) is 5.41 Å². The smallest absolute Gasteiger partial charge is 0.107 e. The summed E-state index contributed by atoms with van der Waals surface area (Å²) in [6, 6.07) is 0. The quantitative estimate of drug-likeness (QED) is 0.602. The summed E-state index contributed by atoms with van der Waals surface area (Å²) < 4.78 is 0. The van der Waals surface area contributed by atoms with Gasteiger partial charge in [0, 0.05) is 23.2 Å². The van der Waals surface area contributed by atoms with Crippen molar-refractivity contribution in [1.29, 1.82) is 0 Å². The lowest BCUT2D eigenvalue weighted by Gasteiger charge is -2.14. The second-order valence-corrected chi connectivity index (χ2v) is 6.62. The summed E-state index contributed by atoms with van der Waals surface area (Å²) in [6.07, 6.45) is 3.53. The van der Waals surface area contributed by atoms with Gasteiger partial charge in [-0.15, -0.1) is 22.9 Å². The Morgan fingerprint density at radius 1 is 1.29 bits per heavy atom. The molecule has 0 fully saturated rings. The molecule has 2 nitrogen and oxygen atoms in total. The molecule has 0 radical (unpaired) electrons. The fourth-order valence-corrected chi connectivity index (χ4v) is 2.63. The summed E-state index contributed by atoms with van der Waals surface area (Å²) in [7, 11) is 0. The first-order valence-electron chi connectivity index (χ1n) is 6.25. The minimum atomic E-state index is 0.162. The van der Waals surface area contributed by atoms with Crippen molar-refractivity contribution in [2.45, 2.75) is 52.0 Å². The number of rotatable bonds is 7. The number of hydrogen-bond donors (Lipinski definition) is 1. The zero-order chi connectivity index (χ0) is 12.7. The molecule has 1 aromatic heterocycles. The van der Waals surface area contributed by atoms with E-state index in [0.717, 1.165) is 25.4 Å². The fourth-order valence-electron chi connectivity index (χ4n) is 1.45. The number of nitrogens with zero attached hydrogens (tertiary/aromatic N) is 1. The summed E-state index contributed by atoms with van der Waals surface area (Å²) in [4.78, 5) is 4.65. The molecular weight excluding hydrogens is 252 g/mol. The summed E-state index contributed by atoms with van der Waals surface area (Å²) in [5.41, 5.74) is 1.36. The standard InChI is InChI=1S/C13H23ClN2S/c1-13(2,3)11-10-17-12(16-11)9-15-8-6-4-5-7-14/h10,15H,4-9H2,1-3H3. The Bertz CT molecular complexity index is 317. The number of hydrogen-bond acceptors (Lipinski definition) is 3. The third kappa shape index (κ3) is 5.84. The number of nitrogens with one attached hydrogen (secondary N) is 1. The SMILES string of the molecule is CC(C)(C)c1csc(CNCCCCCCl)n1. The lowest BCUT2D eigenvalue weighted by atomic mass is 9.93. The van der Waals surface area contributed by atoms with Gasteiger partial charge >= 0.3 is 0 Å². The zero-order valence-corrected chi connectivity index (χ0v) is 12.6. The van der Waals surface area contributed by atoms with Gasteiger partial charge in [-0.2, -0.15) is 0 Å². The van der Waals surface area contributed by atoms with Crippen molar-refractivity contribution >= 4 is 22.9 Å². The zero-order valence-electron chi connectivity index (χ0n) is 11.1. The van der Waals surface area contributed by atoms with Crippen LogP contribution in [0.15, 0.2) is 5.38 Å². The topological polar surface area (TPSA) is 24.9 Å². The second kappa shape index (κ2) is 7.34. The fraction of sp³-hybridized carbons (Fsp3) is 0.769. The molecule has 0 aliphatic carbocycles. The van der Waals surface area contributed by atoms with Crippen LogP contribution in [-0.4, -0.2) is 17.4 Å². The first-order chi connectivity index (χ1) is 8.04. The van der Waals surface area contributed by atoms with Gasteiger partial charge in [0.25, 0.3) is 0 Å². The molecule has 4 heteroatoms. The van der Waals surface area contributed by atoms with Gasteiger partial charge in [-0.05, 0) is 19.4 Å². The molecule has 0 aliphatic heterocycles. The van der Waals surface area contributed by atoms with Crippen LogP contribution in [0.3, 0.4) is 0 Å². The highest BCUT2D eigenvalue weighted by Gasteiger charge is 2.16. The second-order valence-electron chi connectivity index (χ2n) is 5.30. The van der Waals surface area contributed by atoms with Crippen LogP contribution in [0, 0.1) is 0 Å². The van der Waals surface area contributed by atoms with Crippen LogP contribution < -0.4 is 5.32 Å². The predicted molar refractivity (Wildman–Crippen MR) is 77.1 cm³/mol. The summed E-state index contributed by atoms with van der Waals surface area (Å²) in [5.74, 6) is 0.779. The van der Waals surface area contributed by atoms with Crippen LogP contribution in [0.1, 0.15) is 50.7 Å². The molecule has 0 bridgehead atoms. The Morgan fingerprint density at radius 3 is 2.65 bits per heavy atom. The van der Waals surface area contributed by atoms with Crippen LogP contribution in [0.2, 0.25) is 0 Å². The molecular formula is C13H23ClN2S. The van der Waals surface area contributed by atoms with Crippen LogP contribution >= 0.6 is 22.9 Å². The van der Waals surface area contributed by atoms with Crippen molar-refractivity contribution in [2.24, 2.45) is 0 Å². The Labute approximate surface area is 114 Å². The lowest BCUT2D eigenvalue weighted by Crippen LogP contribution is -2.16. The summed E-state index contributed by atoms with van der Waals surface area (Å²) in [6.45, 7) is 8.55. The van der Waals surface area contributed by atoms with Crippen molar-refractivity contribution < 1.29 is 0 Å². The summed E-state index contributed by atoms with van der Waals surface area (Å²) in [5, 5.41) is 6.79. The molecule has 0 atom stereocenters. The maximum atomic E-state index is 5.63. The monoisotopic (exact) mass is 274 g/mol. The van der Waals surface area contributed by atoms with E-state index in [4.69, 9.17) is 11.6 Å². The van der Waals surface area contributed by atoms with Crippen LogP contribution in [0.25, 0.3) is 0 Å². The van der Waals surface area contributed by atoms with Crippen LogP contribution in [-0.2, 0) is 12.0 Å². The van der Waals surface area contributed by atoms with Gasteiger partial charge < -0.3 is 5.32 Å². The van der Waals surface area contributed by atoms with Crippen molar-refractivity contribution in [2.75, 3.05) is 12.4 Å². The van der Waals surface area contributed by atoms with Crippen molar-refractivity contribution in [3.8, 4) is 0 Å². The molecule has 1 aromatic rings. The molecule has 0 amide bonds. The van der Waals surface area contributed by atoms with Crippen LogP contribution in [0.4, 0.5) is 0 Å². The predicted octanol–water partition coefficient (Wildman–Crippen LogP) is 3.94. The molecule has 17 heavy (non-hydrogen) atoms. The minimum absolute atomic E-state index is 0.162. The minimum Gasteiger partial charge on any atom is -0.310 e. The molecule has 1 N–H and O–H groups in total. The largest absolute Gasteiger partial charge is 0.310 e. The molecule has 1 rings (SSSR count). The maximum absolute atomic E-state index is 5.63. The molecule has 0 unspecified atom stereocenters. The Balaban J connectivity index is 2.21. The lowest BCUT2D eigenvalue weighted by molar-refractivity contribution is 0.566. The Kier molecular flexibility index (Phi) is 6.45. The molecule has 98 valence electrons. The Morgan fingerprint density at radius 2 is 2.06 bits per heavy atom. The number of alkyl halides is 1. The molecule has 0 saturated carbocycles. The number of halogens is 1. The molecule has 0 spiro atoms. The average molecular weight is 275 g/mol. The Hall–Kier alpha value is -0.120. The number of aromatic nitrogens is 1. The van der Waals surface area contributed by atoms with E-state index in [1.165, 1.54) is 23.5 Å². The van der Waals surface area contributed by atoms with Gasteiger partial charge in [-0.3, -0.25) is 0 Å². The number of unbranched alkanes of at least 4 members (excludes halogenated alkanes) is 2. The van der Waals surface area contributed by atoms with Crippen LogP contribution in [0.5, 0.6) is 0 Å². The third-order valence-electron chi connectivity index (χ3n) is 2.58. The highest BCUT2D eigenvalue weighted by atomic mass is 35.5. The van der Waals surface area contributed by atoms with E-state index in [1.807, 2.05) is 0 Å². The number of thiazole rings is 1. The highest BCUT2D eigenvalue weighted by molar-refractivity contribution is 7.09. The first kappa shape index (κ1) is 14.9. The first-order valence-corrected chi connectivity index (χ1v) is 7.67. The van der Waals surface area contributed by atoms with Gasteiger partial charge in [0.1, 0.15) is 5.01 Å². The highest BCUT2D eigenvalue weighted by Crippen LogP contribution is 2.23. The third-order valence-corrected chi connectivity index (χ3v) is 3.70. The van der Waals surface area contributed by atoms with Crippen molar-refractivity contribution in [3.63, 3.8) is 0 Å². The van der Waals surface area contributed by atoms with E-state index in [9.17, 15) is 0 Å². The van der Waals surface area contributed by atoms with Gasteiger partial charge in [0.2, 0.25) is 0 Å². The normalized spacial score (nSPS) is 12.0. The van der Waals surface area contributed by atoms with E-state index < -0.39 is 0 Å². The van der Waals surface area contributed by atoms with E-state index in [2.05, 4.69) is 36.5 Å². The summed E-state index contributed by atoms with van der Waals surface area (Å²) >= 11 is 7.38. The van der Waals surface area contributed by atoms with E-state index in [0.29, 0.717) is 0 Å². The van der Waals surface area contributed by atoms with Gasteiger partial charge in [-0.25, -0.2) is 4.98 Å². The molecule has 0 aliphatic rings. The van der Waals surface area contributed by atoms with Crippen molar-refractivity contribution in [3.05, 3.63) is 16.1 Å². The molecule has 0 aromatic carbocycles.